The highest BCUT2D eigenvalue weighted by Gasteiger charge is 2.41. The Morgan fingerprint density at radius 3 is 2.89 bits per heavy atom. The molecule has 2 atom stereocenters. The summed E-state index contributed by atoms with van der Waals surface area (Å²) in [5, 5.41) is 3.26. The molecule has 1 saturated heterocycles. The summed E-state index contributed by atoms with van der Waals surface area (Å²) in [5.74, 6) is 0. The van der Waals surface area contributed by atoms with Crippen LogP contribution in [0.1, 0.15) is 30.1 Å². The topological polar surface area (TPSA) is 37.4 Å². The lowest BCUT2D eigenvalue weighted by Gasteiger charge is -2.41. The van der Waals surface area contributed by atoms with Crippen LogP contribution < -0.4 is 5.32 Å². The van der Waals surface area contributed by atoms with E-state index < -0.39 is 0 Å². The fourth-order valence-electron chi connectivity index (χ4n) is 3.00. The maximum absolute atomic E-state index is 5.99. The molecule has 104 valence electrons. The summed E-state index contributed by atoms with van der Waals surface area (Å²) in [6.45, 7) is 4.81. The number of hydrogen-bond acceptors (Lipinski definition) is 4. The second-order valence-corrected chi connectivity index (χ2v) is 5.61. The van der Waals surface area contributed by atoms with Gasteiger partial charge in [-0.3, -0.25) is 9.88 Å². The van der Waals surface area contributed by atoms with Crippen LogP contribution in [0, 0.1) is 6.92 Å². The number of aryl methyl sites for hydroxylation is 1. The summed E-state index contributed by atoms with van der Waals surface area (Å²) in [4.78, 5) is 7.08. The van der Waals surface area contributed by atoms with Gasteiger partial charge in [0.25, 0.3) is 0 Å². The normalized spacial score (nSPS) is 28.5. The quantitative estimate of drug-likeness (QED) is 0.891. The van der Waals surface area contributed by atoms with E-state index >= 15 is 0 Å². The lowest BCUT2D eigenvalue weighted by molar-refractivity contribution is -0.0741. The van der Waals surface area contributed by atoms with Gasteiger partial charge in [0.1, 0.15) is 0 Å². The first kappa shape index (κ1) is 13.0. The Morgan fingerprint density at radius 1 is 1.42 bits per heavy atom. The standard InChI is InChI=1S/C15H23N3O/c1-11-3-4-12(9-17-11)15-14(10-16-2)19-8-7-18(15)13-5-6-13/h3-4,9,13-16H,5-8,10H2,1-2H3. The predicted molar refractivity (Wildman–Crippen MR) is 75.1 cm³/mol. The van der Waals surface area contributed by atoms with Crippen LogP contribution in [-0.4, -0.2) is 48.8 Å². The van der Waals surface area contributed by atoms with E-state index in [2.05, 4.69) is 27.3 Å². The van der Waals surface area contributed by atoms with Gasteiger partial charge in [0.2, 0.25) is 0 Å². The molecule has 0 amide bonds. The van der Waals surface area contributed by atoms with E-state index in [9.17, 15) is 0 Å². The summed E-state index contributed by atoms with van der Waals surface area (Å²) < 4.78 is 5.99. The molecule has 1 aliphatic carbocycles. The van der Waals surface area contributed by atoms with E-state index in [1.54, 1.807) is 0 Å². The number of rotatable bonds is 4. The highest BCUT2D eigenvalue weighted by atomic mass is 16.5. The van der Waals surface area contributed by atoms with E-state index in [-0.39, 0.29) is 6.10 Å². The lowest BCUT2D eigenvalue weighted by Crippen LogP contribution is -2.49. The van der Waals surface area contributed by atoms with Crippen LogP contribution in [0.25, 0.3) is 0 Å². The highest BCUT2D eigenvalue weighted by molar-refractivity contribution is 5.20. The van der Waals surface area contributed by atoms with Crippen LogP contribution in [0.5, 0.6) is 0 Å². The average Bonchev–Trinajstić information content (AvgIpc) is 3.24. The summed E-state index contributed by atoms with van der Waals surface area (Å²) in [6, 6.07) is 5.42. The molecule has 0 bridgehead atoms. The Balaban J connectivity index is 1.87. The number of ether oxygens (including phenoxy) is 1. The van der Waals surface area contributed by atoms with Gasteiger partial charge in [0.15, 0.2) is 0 Å². The number of likely N-dealkylation sites (N-methyl/N-ethyl adjacent to an activating group) is 1. The lowest BCUT2D eigenvalue weighted by atomic mass is 9.99. The van der Waals surface area contributed by atoms with Gasteiger partial charge in [0.05, 0.1) is 18.8 Å². The molecular weight excluding hydrogens is 238 g/mol. The number of morpholine rings is 1. The van der Waals surface area contributed by atoms with Gasteiger partial charge in [-0.1, -0.05) is 6.07 Å². The molecule has 1 saturated carbocycles. The van der Waals surface area contributed by atoms with Crippen LogP contribution in [0.3, 0.4) is 0 Å². The summed E-state index contributed by atoms with van der Waals surface area (Å²) in [5.41, 5.74) is 2.36. The first-order chi connectivity index (χ1) is 9.29. The number of nitrogens with zero attached hydrogens (tertiary/aromatic N) is 2. The zero-order valence-electron chi connectivity index (χ0n) is 11.8. The molecule has 1 N–H and O–H groups in total. The van der Waals surface area contributed by atoms with E-state index in [1.165, 1.54) is 18.4 Å². The third-order valence-corrected chi connectivity index (χ3v) is 4.09. The predicted octanol–water partition coefficient (Wildman–Crippen LogP) is 1.51. The minimum Gasteiger partial charge on any atom is -0.374 e. The molecule has 2 aliphatic rings. The summed E-state index contributed by atoms with van der Waals surface area (Å²) in [6.07, 6.45) is 4.92. The van der Waals surface area contributed by atoms with Gasteiger partial charge >= 0.3 is 0 Å². The van der Waals surface area contributed by atoms with E-state index in [0.717, 1.165) is 31.4 Å². The monoisotopic (exact) mass is 261 g/mol. The summed E-state index contributed by atoms with van der Waals surface area (Å²) >= 11 is 0. The average molecular weight is 261 g/mol. The van der Waals surface area contributed by atoms with Crippen molar-refractivity contribution in [2.45, 2.75) is 38.0 Å². The van der Waals surface area contributed by atoms with E-state index in [1.807, 2.05) is 20.2 Å². The maximum atomic E-state index is 5.99. The van der Waals surface area contributed by atoms with E-state index in [4.69, 9.17) is 4.74 Å². The fraction of sp³-hybridized carbons (Fsp3) is 0.667. The van der Waals surface area contributed by atoms with Crippen LogP contribution in [0.15, 0.2) is 18.3 Å². The third kappa shape index (κ3) is 2.81. The second kappa shape index (κ2) is 5.57. The van der Waals surface area contributed by atoms with Gasteiger partial charge in [0, 0.05) is 31.0 Å². The van der Waals surface area contributed by atoms with Crippen molar-refractivity contribution in [3.8, 4) is 0 Å². The molecule has 0 spiro atoms. The molecule has 2 fully saturated rings. The molecule has 0 aromatic carbocycles. The molecule has 0 radical (unpaired) electrons. The van der Waals surface area contributed by atoms with Crippen LogP contribution in [0.4, 0.5) is 0 Å². The molecule has 4 nitrogen and oxygen atoms in total. The minimum absolute atomic E-state index is 0.226. The Labute approximate surface area is 115 Å². The Morgan fingerprint density at radius 2 is 2.26 bits per heavy atom. The van der Waals surface area contributed by atoms with Gasteiger partial charge in [-0.25, -0.2) is 0 Å². The second-order valence-electron chi connectivity index (χ2n) is 5.61. The van der Waals surface area contributed by atoms with Crippen LogP contribution in [-0.2, 0) is 4.74 Å². The zero-order valence-corrected chi connectivity index (χ0v) is 11.8. The van der Waals surface area contributed by atoms with Crippen molar-refractivity contribution < 1.29 is 4.74 Å². The Kier molecular flexibility index (Phi) is 3.82. The van der Waals surface area contributed by atoms with Crippen LogP contribution >= 0.6 is 0 Å². The molecule has 2 unspecified atom stereocenters. The van der Waals surface area contributed by atoms with Crippen molar-refractivity contribution >= 4 is 0 Å². The molecule has 1 aliphatic heterocycles. The smallest absolute Gasteiger partial charge is 0.0897 e. The van der Waals surface area contributed by atoms with Crippen molar-refractivity contribution in [3.05, 3.63) is 29.6 Å². The maximum Gasteiger partial charge on any atom is 0.0897 e. The Hall–Kier alpha value is -0.970. The zero-order chi connectivity index (χ0) is 13.2. The number of aromatic nitrogens is 1. The number of nitrogens with one attached hydrogen (secondary N) is 1. The van der Waals surface area contributed by atoms with Crippen molar-refractivity contribution in [2.24, 2.45) is 0 Å². The van der Waals surface area contributed by atoms with Crippen molar-refractivity contribution in [2.75, 3.05) is 26.7 Å². The van der Waals surface area contributed by atoms with Gasteiger partial charge in [-0.15, -0.1) is 0 Å². The molecule has 3 rings (SSSR count). The Bertz CT molecular complexity index is 414. The molecule has 1 aromatic rings. The van der Waals surface area contributed by atoms with Crippen LogP contribution in [0.2, 0.25) is 0 Å². The van der Waals surface area contributed by atoms with E-state index in [0.29, 0.717) is 6.04 Å². The fourth-order valence-corrected chi connectivity index (χ4v) is 3.00. The highest BCUT2D eigenvalue weighted by Crippen LogP contribution is 2.38. The molecule has 19 heavy (non-hydrogen) atoms. The largest absolute Gasteiger partial charge is 0.374 e. The molecule has 4 heteroatoms. The van der Waals surface area contributed by atoms with Gasteiger partial charge in [-0.05, 0) is 38.4 Å². The molecular formula is C15H23N3O. The third-order valence-electron chi connectivity index (χ3n) is 4.09. The number of hydrogen-bond donors (Lipinski definition) is 1. The first-order valence-corrected chi connectivity index (χ1v) is 7.24. The van der Waals surface area contributed by atoms with Gasteiger partial charge in [-0.2, -0.15) is 0 Å². The van der Waals surface area contributed by atoms with Crippen molar-refractivity contribution in [1.29, 1.82) is 0 Å². The minimum atomic E-state index is 0.226. The number of pyridine rings is 1. The van der Waals surface area contributed by atoms with Gasteiger partial charge < -0.3 is 10.1 Å². The molecule has 2 heterocycles. The summed E-state index contributed by atoms with van der Waals surface area (Å²) in [7, 11) is 1.99. The molecule has 1 aromatic heterocycles. The van der Waals surface area contributed by atoms with Crippen molar-refractivity contribution in [1.82, 2.24) is 15.2 Å². The first-order valence-electron chi connectivity index (χ1n) is 7.24. The van der Waals surface area contributed by atoms with Crippen molar-refractivity contribution in [3.63, 3.8) is 0 Å². The SMILES string of the molecule is CNCC1OCCN(C2CC2)C1c1ccc(C)nc1.